The maximum atomic E-state index is 12.9. The molecule has 5 nitrogen and oxygen atoms in total. The SMILES string of the molecule is Cc1nc(C)c(C(C)NC(=O)c2cc(C3CC3)nn2C(C)(C)C)s1. The van der Waals surface area contributed by atoms with Gasteiger partial charge < -0.3 is 5.32 Å². The van der Waals surface area contributed by atoms with Crippen molar-refractivity contribution in [3.63, 3.8) is 0 Å². The third-order valence-electron chi connectivity index (χ3n) is 4.27. The number of hydrogen-bond acceptors (Lipinski definition) is 4. The van der Waals surface area contributed by atoms with Crippen LogP contribution in [0.2, 0.25) is 0 Å². The quantitative estimate of drug-likeness (QED) is 0.907. The van der Waals surface area contributed by atoms with Gasteiger partial charge in [-0.15, -0.1) is 11.3 Å². The summed E-state index contributed by atoms with van der Waals surface area (Å²) in [5.41, 5.74) is 2.47. The zero-order valence-electron chi connectivity index (χ0n) is 15.3. The minimum absolute atomic E-state index is 0.0589. The average molecular weight is 347 g/mol. The number of rotatable bonds is 4. The van der Waals surface area contributed by atoms with Gasteiger partial charge in [-0.2, -0.15) is 5.10 Å². The number of nitrogens with zero attached hydrogens (tertiary/aromatic N) is 3. The molecule has 24 heavy (non-hydrogen) atoms. The van der Waals surface area contributed by atoms with Crippen LogP contribution in [0.1, 0.15) is 84.3 Å². The van der Waals surface area contributed by atoms with Crippen LogP contribution in [0.5, 0.6) is 0 Å². The van der Waals surface area contributed by atoms with Crippen LogP contribution < -0.4 is 5.32 Å². The lowest BCUT2D eigenvalue weighted by Crippen LogP contribution is -2.33. The van der Waals surface area contributed by atoms with Crippen LogP contribution >= 0.6 is 11.3 Å². The molecule has 0 aromatic carbocycles. The first-order chi connectivity index (χ1) is 11.2. The molecule has 0 bridgehead atoms. The highest BCUT2D eigenvalue weighted by atomic mass is 32.1. The van der Waals surface area contributed by atoms with Gasteiger partial charge in [-0.25, -0.2) is 4.98 Å². The molecule has 2 aromatic heterocycles. The lowest BCUT2D eigenvalue weighted by Gasteiger charge is -2.22. The normalized spacial score (nSPS) is 16.2. The Labute approximate surface area is 147 Å². The number of aryl methyl sites for hydroxylation is 2. The van der Waals surface area contributed by atoms with Gasteiger partial charge in [0, 0.05) is 10.8 Å². The molecule has 0 saturated heterocycles. The minimum atomic E-state index is -0.222. The van der Waals surface area contributed by atoms with Gasteiger partial charge >= 0.3 is 0 Å². The zero-order chi connectivity index (χ0) is 17.6. The summed E-state index contributed by atoms with van der Waals surface area (Å²) in [4.78, 5) is 18.5. The Morgan fingerprint density at radius 2 is 2.04 bits per heavy atom. The second-order valence-electron chi connectivity index (χ2n) is 7.69. The second kappa shape index (κ2) is 5.99. The van der Waals surface area contributed by atoms with Crippen molar-refractivity contribution in [2.24, 2.45) is 0 Å². The third kappa shape index (κ3) is 3.38. The van der Waals surface area contributed by atoms with Crippen molar-refractivity contribution in [3.8, 4) is 0 Å². The van der Waals surface area contributed by atoms with Crippen LogP contribution in [-0.2, 0) is 5.54 Å². The summed E-state index contributed by atoms with van der Waals surface area (Å²) >= 11 is 1.64. The Kier molecular flexibility index (Phi) is 4.28. The van der Waals surface area contributed by atoms with E-state index in [0.717, 1.165) is 21.3 Å². The molecule has 6 heteroatoms. The van der Waals surface area contributed by atoms with Crippen LogP contribution in [0.15, 0.2) is 6.07 Å². The molecular weight excluding hydrogens is 320 g/mol. The molecular formula is C18H26N4OS. The number of thiazole rings is 1. The monoisotopic (exact) mass is 346 g/mol. The Balaban J connectivity index is 1.85. The number of aromatic nitrogens is 3. The Hall–Kier alpha value is -1.69. The van der Waals surface area contributed by atoms with E-state index in [9.17, 15) is 4.79 Å². The van der Waals surface area contributed by atoms with E-state index in [4.69, 9.17) is 5.10 Å². The fourth-order valence-corrected chi connectivity index (χ4v) is 3.87. The van der Waals surface area contributed by atoms with Gasteiger partial charge in [-0.05, 0) is 60.5 Å². The standard InChI is InChI=1S/C18H26N4OS/c1-10-16(24-12(3)19-10)11(2)20-17(23)15-9-14(13-7-8-13)21-22(15)18(4,5)6/h9,11,13H,7-8H2,1-6H3,(H,20,23). The van der Waals surface area contributed by atoms with Gasteiger partial charge in [0.25, 0.3) is 5.91 Å². The van der Waals surface area contributed by atoms with Gasteiger partial charge in [0.2, 0.25) is 0 Å². The van der Waals surface area contributed by atoms with Crippen LogP contribution in [0, 0.1) is 13.8 Å². The maximum Gasteiger partial charge on any atom is 0.270 e. The average Bonchev–Trinajstić information content (AvgIpc) is 3.11. The molecule has 1 aliphatic carbocycles. The first-order valence-corrected chi connectivity index (χ1v) is 9.33. The Morgan fingerprint density at radius 3 is 2.54 bits per heavy atom. The van der Waals surface area contributed by atoms with Gasteiger partial charge in [0.15, 0.2) is 0 Å². The molecule has 1 unspecified atom stereocenters. The van der Waals surface area contributed by atoms with Crippen molar-refractivity contribution in [2.45, 2.75) is 71.9 Å². The summed E-state index contributed by atoms with van der Waals surface area (Å²) in [5.74, 6) is 0.464. The van der Waals surface area contributed by atoms with E-state index in [0.29, 0.717) is 11.6 Å². The largest absolute Gasteiger partial charge is 0.343 e. The van der Waals surface area contributed by atoms with E-state index in [1.165, 1.54) is 12.8 Å². The zero-order valence-corrected chi connectivity index (χ0v) is 16.1. The van der Waals surface area contributed by atoms with Crippen molar-refractivity contribution in [3.05, 3.63) is 33.0 Å². The number of nitrogens with one attached hydrogen (secondary N) is 1. The first kappa shape index (κ1) is 17.1. The minimum Gasteiger partial charge on any atom is -0.343 e. The molecule has 3 rings (SSSR count). The molecule has 130 valence electrons. The van der Waals surface area contributed by atoms with E-state index < -0.39 is 0 Å². The lowest BCUT2D eigenvalue weighted by atomic mass is 10.1. The van der Waals surface area contributed by atoms with Gasteiger partial charge in [0.05, 0.1) is 28.0 Å². The van der Waals surface area contributed by atoms with Crippen molar-refractivity contribution in [2.75, 3.05) is 0 Å². The fourth-order valence-electron chi connectivity index (χ4n) is 2.94. The highest BCUT2D eigenvalue weighted by Gasteiger charge is 2.31. The van der Waals surface area contributed by atoms with Crippen LogP contribution in [0.3, 0.4) is 0 Å². The molecule has 0 aliphatic heterocycles. The van der Waals surface area contributed by atoms with Crippen molar-refractivity contribution >= 4 is 17.2 Å². The summed E-state index contributed by atoms with van der Waals surface area (Å²) < 4.78 is 1.87. The van der Waals surface area contributed by atoms with E-state index in [2.05, 4.69) is 31.1 Å². The molecule has 1 saturated carbocycles. The second-order valence-corrected chi connectivity index (χ2v) is 8.92. The number of hydrogen-bond donors (Lipinski definition) is 1. The van der Waals surface area contributed by atoms with E-state index in [-0.39, 0.29) is 17.5 Å². The number of amides is 1. The van der Waals surface area contributed by atoms with E-state index in [1.54, 1.807) is 11.3 Å². The fraction of sp³-hybridized carbons (Fsp3) is 0.611. The highest BCUT2D eigenvalue weighted by molar-refractivity contribution is 7.11. The maximum absolute atomic E-state index is 12.9. The number of carbonyl (C=O) groups is 1. The van der Waals surface area contributed by atoms with Crippen LogP contribution in [-0.4, -0.2) is 20.7 Å². The molecule has 1 aliphatic rings. The molecule has 2 heterocycles. The molecule has 1 amide bonds. The molecule has 0 radical (unpaired) electrons. The van der Waals surface area contributed by atoms with E-state index >= 15 is 0 Å². The summed E-state index contributed by atoms with van der Waals surface area (Å²) in [6.07, 6.45) is 2.36. The summed E-state index contributed by atoms with van der Waals surface area (Å²) in [7, 11) is 0. The first-order valence-electron chi connectivity index (χ1n) is 8.52. The summed E-state index contributed by atoms with van der Waals surface area (Å²) in [6.45, 7) is 12.2. The van der Waals surface area contributed by atoms with Crippen molar-refractivity contribution in [1.29, 1.82) is 0 Å². The predicted octanol–water partition coefficient (Wildman–Crippen LogP) is 4.08. The number of carbonyl (C=O) groups excluding carboxylic acids is 1. The lowest BCUT2D eigenvalue weighted by molar-refractivity contribution is 0.0922. The van der Waals surface area contributed by atoms with Crippen LogP contribution in [0.25, 0.3) is 0 Å². The van der Waals surface area contributed by atoms with E-state index in [1.807, 2.05) is 31.5 Å². The highest BCUT2D eigenvalue weighted by Crippen LogP contribution is 2.40. The predicted molar refractivity (Wildman–Crippen MR) is 96.7 cm³/mol. The smallest absolute Gasteiger partial charge is 0.270 e. The molecule has 2 aromatic rings. The van der Waals surface area contributed by atoms with Gasteiger partial charge in [0.1, 0.15) is 5.69 Å². The summed E-state index contributed by atoms with van der Waals surface area (Å²) in [6, 6.07) is 1.91. The Morgan fingerprint density at radius 1 is 1.38 bits per heavy atom. The Bertz CT molecular complexity index is 765. The molecule has 0 spiro atoms. The van der Waals surface area contributed by atoms with Crippen molar-refractivity contribution in [1.82, 2.24) is 20.1 Å². The molecule has 1 atom stereocenters. The van der Waals surface area contributed by atoms with Gasteiger partial charge in [-0.3, -0.25) is 9.48 Å². The third-order valence-corrected chi connectivity index (χ3v) is 5.53. The topological polar surface area (TPSA) is 59.8 Å². The van der Waals surface area contributed by atoms with Gasteiger partial charge in [-0.1, -0.05) is 0 Å². The molecule has 1 fully saturated rings. The summed E-state index contributed by atoms with van der Waals surface area (Å²) in [5, 5.41) is 8.86. The van der Waals surface area contributed by atoms with Crippen molar-refractivity contribution < 1.29 is 4.79 Å². The van der Waals surface area contributed by atoms with Crippen LogP contribution in [0.4, 0.5) is 0 Å². The molecule has 1 N–H and O–H groups in total.